The molecule has 1 aromatic carbocycles. The molecule has 0 saturated heterocycles. The average Bonchev–Trinajstić information content (AvgIpc) is 2.52. The lowest BCUT2D eigenvalue weighted by atomic mass is 9.62. The molecule has 0 spiro atoms. The van der Waals surface area contributed by atoms with Crippen molar-refractivity contribution in [1.29, 1.82) is 0 Å². The lowest BCUT2D eigenvalue weighted by molar-refractivity contribution is -0.0701. The van der Waals surface area contributed by atoms with Crippen molar-refractivity contribution in [1.82, 2.24) is 0 Å². The molecular formula is C20H24O2Si. The molecule has 0 amide bonds. The Bertz CT molecular complexity index is 728. The highest BCUT2D eigenvalue weighted by molar-refractivity contribution is 6.84. The van der Waals surface area contributed by atoms with Gasteiger partial charge >= 0.3 is 0 Å². The van der Waals surface area contributed by atoms with Gasteiger partial charge in [0.2, 0.25) is 0 Å². The number of hydrogen-bond acceptors (Lipinski definition) is 2. The van der Waals surface area contributed by atoms with Crippen LogP contribution < -0.4 is 0 Å². The first-order valence-corrected chi connectivity index (χ1v) is 11.8. The van der Waals surface area contributed by atoms with Crippen LogP contribution in [0.3, 0.4) is 0 Å². The molecule has 120 valence electrons. The number of benzene rings is 1. The molecule has 0 heterocycles. The predicted molar refractivity (Wildman–Crippen MR) is 96.6 cm³/mol. The summed E-state index contributed by atoms with van der Waals surface area (Å²) in [7, 11) is -1.73. The number of rotatable bonds is 1. The molecule has 2 N–H and O–H groups in total. The fraction of sp³-hybridized carbons (Fsp3) is 0.400. The molecule has 0 aliphatic heterocycles. The summed E-state index contributed by atoms with van der Waals surface area (Å²) in [6.45, 7) is 6.72. The molecular weight excluding hydrogens is 300 g/mol. The second kappa shape index (κ2) is 5.79. The third-order valence-electron chi connectivity index (χ3n) is 4.72. The Balaban J connectivity index is 2.08. The number of aliphatic hydroxyl groups is 2. The zero-order valence-electron chi connectivity index (χ0n) is 14.1. The van der Waals surface area contributed by atoms with Crippen molar-refractivity contribution in [3.8, 4) is 11.8 Å². The average molecular weight is 324 g/mol. The SMILES string of the molecule is C[Si](C)(C)/C(C#Cc1ccccc1)=C1\C2=CCCC[C@]2(O)[C@H]1O. The van der Waals surface area contributed by atoms with Crippen LogP contribution in [0.2, 0.25) is 19.6 Å². The van der Waals surface area contributed by atoms with E-state index in [1.807, 2.05) is 30.3 Å². The normalized spacial score (nSPS) is 28.7. The maximum atomic E-state index is 10.7. The Labute approximate surface area is 139 Å². The number of hydrogen-bond donors (Lipinski definition) is 2. The molecule has 0 radical (unpaired) electrons. The molecule has 2 atom stereocenters. The molecule has 2 nitrogen and oxygen atoms in total. The number of aliphatic hydroxyl groups excluding tert-OH is 1. The molecule has 1 aromatic rings. The first-order chi connectivity index (χ1) is 10.8. The van der Waals surface area contributed by atoms with Crippen molar-refractivity contribution < 1.29 is 10.2 Å². The van der Waals surface area contributed by atoms with Crippen LogP contribution in [0.25, 0.3) is 0 Å². The molecule has 3 rings (SSSR count). The zero-order valence-corrected chi connectivity index (χ0v) is 15.1. The Hall–Kier alpha value is -1.60. The van der Waals surface area contributed by atoms with E-state index in [-0.39, 0.29) is 0 Å². The van der Waals surface area contributed by atoms with Crippen molar-refractivity contribution in [3.05, 3.63) is 58.3 Å². The second-order valence-electron chi connectivity index (χ2n) is 7.49. The summed E-state index contributed by atoms with van der Waals surface area (Å²) in [5.74, 6) is 6.57. The minimum Gasteiger partial charge on any atom is -0.385 e. The molecule has 0 bridgehead atoms. The van der Waals surface area contributed by atoms with Gasteiger partial charge in [0, 0.05) is 5.56 Å². The molecule has 0 unspecified atom stereocenters. The minimum absolute atomic E-state index is 0.647. The van der Waals surface area contributed by atoms with Gasteiger partial charge < -0.3 is 10.2 Å². The molecule has 2 aliphatic carbocycles. The van der Waals surface area contributed by atoms with Crippen molar-refractivity contribution in [2.45, 2.75) is 50.6 Å². The van der Waals surface area contributed by atoms with E-state index in [0.717, 1.165) is 34.7 Å². The van der Waals surface area contributed by atoms with E-state index in [9.17, 15) is 10.2 Å². The van der Waals surface area contributed by atoms with Crippen molar-refractivity contribution in [2.75, 3.05) is 0 Å². The van der Waals surface area contributed by atoms with Crippen LogP contribution in [0.1, 0.15) is 24.8 Å². The van der Waals surface area contributed by atoms with Gasteiger partial charge in [-0.3, -0.25) is 0 Å². The largest absolute Gasteiger partial charge is 0.385 e. The highest BCUT2D eigenvalue weighted by atomic mass is 28.3. The molecule has 0 aromatic heterocycles. The van der Waals surface area contributed by atoms with Crippen LogP contribution >= 0.6 is 0 Å². The van der Waals surface area contributed by atoms with Gasteiger partial charge in [-0.2, -0.15) is 0 Å². The van der Waals surface area contributed by atoms with E-state index in [2.05, 4.69) is 37.6 Å². The van der Waals surface area contributed by atoms with Gasteiger partial charge in [0.25, 0.3) is 0 Å². The maximum Gasteiger partial charge on any atom is 0.120 e. The monoisotopic (exact) mass is 324 g/mol. The maximum absolute atomic E-state index is 10.7. The summed E-state index contributed by atoms with van der Waals surface area (Å²) < 4.78 is 0. The van der Waals surface area contributed by atoms with E-state index in [1.54, 1.807) is 0 Å². The number of allylic oxidation sites excluding steroid dienone is 2. The first-order valence-electron chi connectivity index (χ1n) is 8.27. The van der Waals surface area contributed by atoms with Gasteiger partial charge in [-0.1, -0.05) is 55.8 Å². The van der Waals surface area contributed by atoms with Gasteiger partial charge in [0.05, 0.1) is 8.07 Å². The van der Waals surface area contributed by atoms with E-state index in [4.69, 9.17) is 0 Å². The van der Waals surface area contributed by atoms with Crippen LogP contribution in [0.4, 0.5) is 0 Å². The third kappa shape index (κ3) is 2.83. The summed E-state index contributed by atoms with van der Waals surface area (Å²) in [5, 5.41) is 22.3. The Morgan fingerprint density at radius 3 is 2.57 bits per heavy atom. The lowest BCUT2D eigenvalue weighted by Crippen LogP contribution is -2.58. The van der Waals surface area contributed by atoms with Crippen LogP contribution in [0.15, 0.2) is 52.8 Å². The van der Waals surface area contributed by atoms with Crippen LogP contribution in [0.5, 0.6) is 0 Å². The highest BCUT2D eigenvalue weighted by Gasteiger charge is 2.55. The smallest absolute Gasteiger partial charge is 0.120 e. The van der Waals surface area contributed by atoms with Crippen LogP contribution in [0, 0.1) is 11.8 Å². The van der Waals surface area contributed by atoms with E-state index in [0.29, 0.717) is 6.42 Å². The molecule has 1 saturated carbocycles. The minimum atomic E-state index is -1.73. The van der Waals surface area contributed by atoms with Crippen LogP contribution in [-0.4, -0.2) is 30.0 Å². The fourth-order valence-electron chi connectivity index (χ4n) is 3.45. The van der Waals surface area contributed by atoms with Gasteiger partial charge in [-0.05, 0) is 47.7 Å². The fourth-order valence-corrected chi connectivity index (χ4v) is 4.97. The van der Waals surface area contributed by atoms with Gasteiger partial charge in [0.15, 0.2) is 0 Å². The van der Waals surface area contributed by atoms with Gasteiger partial charge in [0.1, 0.15) is 11.7 Å². The Morgan fingerprint density at radius 2 is 1.91 bits per heavy atom. The van der Waals surface area contributed by atoms with Crippen molar-refractivity contribution >= 4 is 8.07 Å². The summed E-state index contributed by atoms with van der Waals surface area (Å²) in [6, 6.07) is 9.92. The summed E-state index contributed by atoms with van der Waals surface area (Å²) in [6.07, 6.45) is 3.85. The predicted octanol–water partition coefficient (Wildman–Crippen LogP) is 3.43. The topological polar surface area (TPSA) is 40.5 Å². The standard InChI is InChI=1S/C20H24O2Si/c1-23(2,3)17(13-12-15-9-5-4-6-10-15)18-16-11-7-8-14-20(16,22)19(18)21/h4-6,9-11,19,21-22H,7-8,14H2,1-3H3/b18-17+/t19-,20+/m0/s1. The van der Waals surface area contributed by atoms with E-state index < -0.39 is 19.8 Å². The van der Waals surface area contributed by atoms with Gasteiger partial charge in [-0.15, -0.1) is 0 Å². The highest BCUT2D eigenvalue weighted by Crippen LogP contribution is 2.51. The van der Waals surface area contributed by atoms with Gasteiger partial charge in [-0.25, -0.2) is 0 Å². The van der Waals surface area contributed by atoms with Crippen molar-refractivity contribution in [3.63, 3.8) is 0 Å². The summed E-state index contributed by atoms with van der Waals surface area (Å²) in [4.78, 5) is 0. The zero-order chi connectivity index (χ0) is 16.7. The molecule has 23 heavy (non-hydrogen) atoms. The quantitative estimate of drug-likeness (QED) is 0.614. The van der Waals surface area contributed by atoms with E-state index in [1.165, 1.54) is 0 Å². The molecule has 2 aliphatic rings. The van der Waals surface area contributed by atoms with Crippen molar-refractivity contribution in [2.24, 2.45) is 0 Å². The lowest BCUT2D eigenvalue weighted by Gasteiger charge is -2.51. The Kier molecular flexibility index (Phi) is 4.10. The Morgan fingerprint density at radius 1 is 1.22 bits per heavy atom. The summed E-state index contributed by atoms with van der Waals surface area (Å²) in [5.41, 5.74) is 1.77. The second-order valence-corrected chi connectivity index (χ2v) is 12.5. The molecule has 1 fully saturated rings. The van der Waals surface area contributed by atoms with Crippen LogP contribution in [-0.2, 0) is 0 Å². The number of fused-ring (bicyclic) bond motifs is 1. The third-order valence-corrected chi connectivity index (χ3v) is 6.61. The summed E-state index contributed by atoms with van der Waals surface area (Å²) >= 11 is 0. The molecule has 3 heteroatoms. The first kappa shape index (κ1) is 16.3. The van der Waals surface area contributed by atoms with E-state index >= 15 is 0 Å².